The third-order valence-electron chi connectivity index (χ3n) is 4.99. The molecule has 2 unspecified atom stereocenters. The van der Waals surface area contributed by atoms with Crippen molar-refractivity contribution in [2.24, 2.45) is 0 Å². The Labute approximate surface area is 160 Å². The molecule has 2 N–H and O–H groups in total. The number of benzene rings is 2. The van der Waals surface area contributed by atoms with Crippen LogP contribution in [0.1, 0.15) is 30.6 Å². The fourth-order valence-corrected chi connectivity index (χ4v) is 3.27. The maximum absolute atomic E-state index is 12.4. The Morgan fingerprint density at radius 3 is 2.65 bits per heavy atom. The topological polar surface area (TPSA) is 61.4 Å². The van der Waals surface area contributed by atoms with Gasteiger partial charge in [-0.1, -0.05) is 30.3 Å². The first-order valence-corrected chi connectivity index (χ1v) is 8.86. The number of hydrogen-bond donors (Lipinski definition) is 2. The Bertz CT molecular complexity index is 780. The highest BCUT2D eigenvalue weighted by atomic mass is 35.5. The highest BCUT2D eigenvalue weighted by molar-refractivity contribution is 5.98. The lowest BCUT2D eigenvalue weighted by Crippen LogP contribution is -2.57. The highest BCUT2D eigenvalue weighted by Crippen LogP contribution is 2.15. The molecule has 2 atom stereocenters. The number of carbonyl (C=O) groups is 2. The van der Waals surface area contributed by atoms with E-state index in [4.69, 9.17) is 0 Å². The molecule has 140 valence electrons. The predicted octanol–water partition coefficient (Wildman–Crippen LogP) is 2.59. The molecule has 6 heteroatoms. The molecule has 26 heavy (non-hydrogen) atoms. The van der Waals surface area contributed by atoms with E-state index in [1.54, 1.807) is 0 Å². The SMILES string of the molecule is CC1NCCN(C(=O)CCNC(=O)c2ccc3ccccc3c2)C1C.Cl. The zero-order valence-corrected chi connectivity index (χ0v) is 16.0. The average Bonchev–Trinajstić information content (AvgIpc) is 2.63. The number of hydrogen-bond acceptors (Lipinski definition) is 3. The molecule has 1 aliphatic heterocycles. The summed E-state index contributed by atoms with van der Waals surface area (Å²) in [6, 6.07) is 14.1. The van der Waals surface area contributed by atoms with Crippen LogP contribution in [-0.4, -0.2) is 48.4 Å². The Hall–Kier alpha value is -2.11. The number of nitrogens with zero attached hydrogens (tertiary/aromatic N) is 1. The maximum Gasteiger partial charge on any atom is 0.251 e. The van der Waals surface area contributed by atoms with E-state index >= 15 is 0 Å². The van der Waals surface area contributed by atoms with Crippen molar-refractivity contribution in [2.45, 2.75) is 32.4 Å². The standard InChI is InChI=1S/C20H25N3O2.ClH/c1-14-15(2)23(12-11-21-14)19(24)9-10-22-20(25)18-8-7-16-5-3-4-6-17(16)13-18;/h3-8,13-15,21H,9-12H2,1-2H3,(H,22,25);1H. The minimum absolute atomic E-state index is 0. The van der Waals surface area contributed by atoms with E-state index in [-0.39, 0.29) is 30.3 Å². The molecule has 1 saturated heterocycles. The molecule has 0 saturated carbocycles. The third-order valence-corrected chi connectivity index (χ3v) is 4.99. The number of fused-ring (bicyclic) bond motifs is 1. The van der Waals surface area contributed by atoms with Crippen LogP contribution in [0.3, 0.4) is 0 Å². The van der Waals surface area contributed by atoms with Crippen LogP contribution in [0.2, 0.25) is 0 Å². The number of rotatable bonds is 4. The molecular formula is C20H26ClN3O2. The lowest BCUT2D eigenvalue weighted by atomic mass is 10.1. The molecule has 0 spiro atoms. The van der Waals surface area contributed by atoms with E-state index in [0.29, 0.717) is 24.6 Å². The summed E-state index contributed by atoms with van der Waals surface area (Å²) in [6.07, 6.45) is 0.330. The summed E-state index contributed by atoms with van der Waals surface area (Å²) in [4.78, 5) is 26.6. The minimum Gasteiger partial charge on any atom is -0.352 e. The van der Waals surface area contributed by atoms with Gasteiger partial charge in [-0.05, 0) is 36.8 Å². The van der Waals surface area contributed by atoms with Gasteiger partial charge in [-0.2, -0.15) is 0 Å². The van der Waals surface area contributed by atoms with Gasteiger partial charge in [-0.25, -0.2) is 0 Å². The molecule has 2 aromatic carbocycles. The monoisotopic (exact) mass is 375 g/mol. The second kappa shape index (κ2) is 9.01. The first kappa shape index (κ1) is 20.2. The predicted molar refractivity (Wildman–Crippen MR) is 107 cm³/mol. The number of halogens is 1. The van der Waals surface area contributed by atoms with Gasteiger partial charge < -0.3 is 15.5 Å². The molecule has 5 nitrogen and oxygen atoms in total. The minimum atomic E-state index is -0.139. The van der Waals surface area contributed by atoms with E-state index in [0.717, 1.165) is 23.9 Å². The summed E-state index contributed by atoms with van der Waals surface area (Å²) in [5.74, 6) is -0.0417. The van der Waals surface area contributed by atoms with Crippen molar-refractivity contribution in [2.75, 3.05) is 19.6 Å². The van der Waals surface area contributed by atoms with Gasteiger partial charge in [-0.15, -0.1) is 12.4 Å². The largest absolute Gasteiger partial charge is 0.352 e. The second-order valence-electron chi connectivity index (χ2n) is 6.64. The Kier molecular flexibility index (Phi) is 7.00. The van der Waals surface area contributed by atoms with Crippen LogP contribution >= 0.6 is 12.4 Å². The molecule has 1 heterocycles. The zero-order chi connectivity index (χ0) is 17.8. The maximum atomic E-state index is 12.4. The smallest absolute Gasteiger partial charge is 0.251 e. The van der Waals surface area contributed by atoms with Crippen LogP contribution in [0.15, 0.2) is 42.5 Å². The van der Waals surface area contributed by atoms with Crippen molar-refractivity contribution in [3.63, 3.8) is 0 Å². The average molecular weight is 376 g/mol. The molecule has 0 aromatic heterocycles. The van der Waals surface area contributed by atoms with E-state index in [1.165, 1.54) is 0 Å². The second-order valence-corrected chi connectivity index (χ2v) is 6.64. The van der Waals surface area contributed by atoms with Crippen molar-refractivity contribution in [1.82, 2.24) is 15.5 Å². The van der Waals surface area contributed by atoms with Crippen molar-refractivity contribution < 1.29 is 9.59 Å². The molecule has 2 aromatic rings. The van der Waals surface area contributed by atoms with Gasteiger partial charge in [0, 0.05) is 43.7 Å². The number of piperazine rings is 1. The van der Waals surface area contributed by atoms with E-state index < -0.39 is 0 Å². The lowest BCUT2D eigenvalue weighted by molar-refractivity contribution is -0.134. The van der Waals surface area contributed by atoms with Crippen LogP contribution in [-0.2, 0) is 4.79 Å². The third kappa shape index (κ3) is 4.54. The van der Waals surface area contributed by atoms with Gasteiger partial charge >= 0.3 is 0 Å². The van der Waals surface area contributed by atoms with Crippen LogP contribution in [0.5, 0.6) is 0 Å². The van der Waals surface area contributed by atoms with Gasteiger partial charge in [0.05, 0.1) is 0 Å². The van der Waals surface area contributed by atoms with E-state index in [2.05, 4.69) is 24.5 Å². The Balaban J connectivity index is 0.00000243. The zero-order valence-electron chi connectivity index (χ0n) is 15.2. The molecule has 0 radical (unpaired) electrons. The number of amides is 2. The summed E-state index contributed by atoms with van der Waals surface area (Å²) >= 11 is 0. The van der Waals surface area contributed by atoms with E-state index in [1.807, 2.05) is 47.4 Å². The Morgan fingerprint density at radius 1 is 1.15 bits per heavy atom. The van der Waals surface area contributed by atoms with Crippen molar-refractivity contribution >= 4 is 35.0 Å². The number of nitrogens with one attached hydrogen (secondary N) is 2. The Morgan fingerprint density at radius 2 is 1.88 bits per heavy atom. The first-order valence-electron chi connectivity index (χ1n) is 8.86. The fraction of sp³-hybridized carbons (Fsp3) is 0.400. The van der Waals surface area contributed by atoms with Crippen molar-refractivity contribution in [3.8, 4) is 0 Å². The quantitative estimate of drug-likeness (QED) is 0.863. The number of carbonyl (C=O) groups excluding carboxylic acids is 2. The molecule has 3 rings (SSSR count). The summed E-state index contributed by atoms with van der Waals surface area (Å²) in [5, 5.41) is 8.37. The fourth-order valence-electron chi connectivity index (χ4n) is 3.27. The molecule has 1 fully saturated rings. The molecule has 1 aliphatic rings. The molecule has 2 amide bonds. The molecular weight excluding hydrogens is 350 g/mol. The van der Waals surface area contributed by atoms with Gasteiger partial charge in [-0.3, -0.25) is 9.59 Å². The van der Waals surface area contributed by atoms with Gasteiger partial charge in [0.1, 0.15) is 0 Å². The summed E-state index contributed by atoms with van der Waals surface area (Å²) in [6.45, 7) is 6.05. The van der Waals surface area contributed by atoms with Crippen LogP contribution in [0, 0.1) is 0 Å². The van der Waals surface area contributed by atoms with Gasteiger partial charge in [0.2, 0.25) is 5.91 Å². The van der Waals surface area contributed by atoms with Crippen LogP contribution in [0.25, 0.3) is 10.8 Å². The molecule has 0 bridgehead atoms. The first-order chi connectivity index (χ1) is 12.1. The lowest BCUT2D eigenvalue weighted by Gasteiger charge is -2.38. The van der Waals surface area contributed by atoms with E-state index in [9.17, 15) is 9.59 Å². The van der Waals surface area contributed by atoms with Crippen LogP contribution in [0.4, 0.5) is 0 Å². The summed E-state index contributed by atoms with van der Waals surface area (Å²) < 4.78 is 0. The van der Waals surface area contributed by atoms with Crippen molar-refractivity contribution in [1.29, 1.82) is 0 Å². The summed E-state index contributed by atoms with van der Waals surface area (Å²) in [7, 11) is 0. The molecule has 0 aliphatic carbocycles. The van der Waals surface area contributed by atoms with Crippen molar-refractivity contribution in [3.05, 3.63) is 48.0 Å². The highest BCUT2D eigenvalue weighted by Gasteiger charge is 2.27. The summed E-state index contributed by atoms with van der Waals surface area (Å²) in [5.41, 5.74) is 0.621. The van der Waals surface area contributed by atoms with Crippen LogP contribution < -0.4 is 10.6 Å². The van der Waals surface area contributed by atoms with Gasteiger partial charge in [0.15, 0.2) is 0 Å². The van der Waals surface area contributed by atoms with Gasteiger partial charge in [0.25, 0.3) is 5.91 Å². The normalized spacial score (nSPS) is 19.7.